The maximum atomic E-state index is 12.5. The molecule has 0 saturated carbocycles. The minimum atomic E-state index is -0.109. The van der Waals surface area contributed by atoms with Crippen LogP contribution in [0.5, 0.6) is 0 Å². The van der Waals surface area contributed by atoms with Gasteiger partial charge in [-0.25, -0.2) is 0 Å². The van der Waals surface area contributed by atoms with Crippen LogP contribution in [0.25, 0.3) is 0 Å². The molecule has 0 aliphatic carbocycles. The van der Waals surface area contributed by atoms with Gasteiger partial charge in [0.1, 0.15) is 0 Å². The standard InChI is InChI=1S/C17H15Cl2N3O2/c18-14-4-3-12(10-15(14)19)16(23)21-6-8-22(9-7-21)17(24)13-2-1-5-20-11-13/h1-5,10-11H,6-9H2. The Morgan fingerprint density at radius 3 is 2.04 bits per heavy atom. The van der Waals surface area contributed by atoms with Crippen LogP contribution in [0, 0.1) is 0 Å². The largest absolute Gasteiger partial charge is 0.335 e. The van der Waals surface area contributed by atoms with E-state index in [4.69, 9.17) is 23.2 Å². The van der Waals surface area contributed by atoms with E-state index < -0.39 is 0 Å². The van der Waals surface area contributed by atoms with Crippen LogP contribution in [-0.4, -0.2) is 52.8 Å². The number of pyridine rings is 1. The predicted molar refractivity (Wildman–Crippen MR) is 92.5 cm³/mol. The Morgan fingerprint density at radius 2 is 1.50 bits per heavy atom. The minimum Gasteiger partial charge on any atom is -0.335 e. The first kappa shape index (κ1) is 16.7. The number of piperazine rings is 1. The molecule has 1 aliphatic heterocycles. The monoisotopic (exact) mass is 363 g/mol. The second kappa shape index (κ2) is 7.20. The van der Waals surface area contributed by atoms with Crippen LogP contribution in [0.4, 0.5) is 0 Å². The van der Waals surface area contributed by atoms with E-state index in [1.807, 2.05) is 0 Å². The zero-order valence-electron chi connectivity index (χ0n) is 12.8. The fraction of sp³-hybridized carbons (Fsp3) is 0.235. The molecule has 1 fully saturated rings. The Bertz CT molecular complexity index is 760. The predicted octanol–water partition coefficient (Wildman–Crippen LogP) is 2.99. The smallest absolute Gasteiger partial charge is 0.255 e. The number of amides is 2. The van der Waals surface area contributed by atoms with Gasteiger partial charge in [-0.15, -0.1) is 0 Å². The molecular formula is C17H15Cl2N3O2. The minimum absolute atomic E-state index is 0.0651. The Balaban J connectivity index is 1.63. The molecule has 7 heteroatoms. The van der Waals surface area contributed by atoms with Gasteiger partial charge in [0, 0.05) is 44.1 Å². The van der Waals surface area contributed by atoms with Crippen LogP contribution in [-0.2, 0) is 0 Å². The molecule has 5 nitrogen and oxygen atoms in total. The maximum absolute atomic E-state index is 12.5. The molecule has 3 rings (SSSR count). The van der Waals surface area contributed by atoms with E-state index in [1.165, 1.54) is 0 Å². The summed E-state index contributed by atoms with van der Waals surface area (Å²) >= 11 is 11.8. The molecule has 0 unspecified atom stereocenters. The Morgan fingerprint density at radius 1 is 0.875 bits per heavy atom. The molecule has 2 aromatic rings. The fourth-order valence-electron chi connectivity index (χ4n) is 2.60. The first-order valence-electron chi connectivity index (χ1n) is 7.50. The van der Waals surface area contributed by atoms with Crippen LogP contribution < -0.4 is 0 Å². The van der Waals surface area contributed by atoms with Crippen molar-refractivity contribution < 1.29 is 9.59 Å². The highest BCUT2D eigenvalue weighted by molar-refractivity contribution is 6.42. The molecule has 124 valence electrons. The van der Waals surface area contributed by atoms with Gasteiger partial charge < -0.3 is 9.80 Å². The first-order valence-corrected chi connectivity index (χ1v) is 8.25. The molecule has 0 radical (unpaired) electrons. The number of benzene rings is 1. The molecule has 2 heterocycles. The van der Waals surface area contributed by atoms with Crippen molar-refractivity contribution in [3.63, 3.8) is 0 Å². The van der Waals surface area contributed by atoms with Gasteiger partial charge in [0.05, 0.1) is 15.6 Å². The van der Waals surface area contributed by atoms with Crippen molar-refractivity contribution in [3.05, 3.63) is 63.9 Å². The third-order valence-corrected chi connectivity index (χ3v) is 4.67. The van der Waals surface area contributed by atoms with Crippen LogP contribution in [0.2, 0.25) is 10.0 Å². The van der Waals surface area contributed by atoms with E-state index in [-0.39, 0.29) is 11.8 Å². The number of aromatic nitrogens is 1. The van der Waals surface area contributed by atoms with Gasteiger partial charge in [-0.1, -0.05) is 23.2 Å². The fourth-order valence-corrected chi connectivity index (χ4v) is 2.89. The van der Waals surface area contributed by atoms with Crippen molar-refractivity contribution in [2.24, 2.45) is 0 Å². The number of hydrogen-bond donors (Lipinski definition) is 0. The van der Waals surface area contributed by atoms with Crippen LogP contribution in [0.1, 0.15) is 20.7 Å². The zero-order valence-corrected chi connectivity index (χ0v) is 14.3. The molecule has 2 amide bonds. The average Bonchev–Trinajstić information content (AvgIpc) is 2.63. The van der Waals surface area contributed by atoms with Gasteiger partial charge in [-0.3, -0.25) is 14.6 Å². The molecular weight excluding hydrogens is 349 g/mol. The third kappa shape index (κ3) is 3.52. The summed E-state index contributed by atoms with van der Waals surface area (Å²) in [6, 6.07) is 8.31. The highest BCUT2D eigenvalue weighted by atomic mass is 35.5. The van der Waals surface area contributed by atoms with Gasteiger partial charge in [0.2, 0.25) is 0 Å². The summed E-state index contributed by atoms with van der Waals surface area (Å²) < 4.78 is 0. The lowest BCUT2D eigenvalue weighted by Gasteiger charge is -2.34. The number of rotatable bonds is 2. The highest BCUT2D eigenvalue weighted by Gasteiger charge is 2.25. The van der Waals surface area contributed by atoms with Crippen LogP contribution >= 0.6 is 23.2 Å². The normalized spacial score (nSPS) is 14.6. The summed E-state index contributed by atoms with van der Waals surface area (Å²) in [5.41, 5.74) is 1.05. The van der Waals surface area contributed by atoms with Crippen molar-refractivity contribution in [3.8, 4) is 0 Å². The Kier molecular flexibility index (Phi) is 5.02. The third-order valence-electron chi connectivity index (χ3n) is 3.93. The second-order valence-electron chi connectivity index (χ2n) is 5.45. The highest BCUT2D eigenvalue weighted by Crippen LogP contribution is 2.23. The number of carbonyl (C=O) groups excluding carboxylic acids is 2. The van der Waals surface area contributed by atoms with Gasteiger partial charge in [0.15, 0.2) is 0 Å². The molecule has 1 saturated heterocycles. The van der Waals surface area contributed by atoms with Gasteiger partial charge in [0.25, 0.3) is 11.8 Å². The molecule has 0 spiro atoms. The molecule has 24 heavy (non-hydrogen) atoms. The number of hydrogen-bond acceptors (Lipinski definition) is 3. The molecule has 1 aromatic heterocycles. The van der Waals surface area contributed by atoms with Crippen molar-refractivity contribution in [2.75, 3.05) is 26.2 Å². The van der Waals surface area contributed by atoms with Gasteiger partial charge in [-0.2, -0.15) is 0 Å². The Labute approximate surface area is 149 Å². The van der Waals surface area contributed by atoms with Crippen molar-refractivity contribution >= 4 is 35.0 Å². The first-order chi connectivity index (χ1) is 11.6. The summed E-state index contributed by atoms with van der Waals surface area (Å²) in [6.45, 7) is 1.93. The van der Waals surface area contributed by atoms with Crippen LogP contribution in [0.15, 0.2) is 42.7 Å². The number of halogens is 2. The molecule has 0 bridgehead atoms. The lowest BCUT2D eigenvalue weighted by Crippen LogP contribution is -2.50. The summed E-state index contributed by atoms with van der Waals surface area (Å²) in [7, 11) is 0. The number of nitrogens with zero attached hydrogens (tertiary/aromatic N) is 3. The summed E-state index contributed by atoms with van der Waals surface area (Å²) in [5, 5.41) is 0.771. The summed E-state index contributed by atoms with van der Waals surface area (Å²) in [4.78, 5) is 32.3. The lowest BCUT2D eigenvalue weighted by molar-refractivity contribution is 0.0535. The quantitative estimate of drug-likeness (QED) is 0.823. The van der Waals surface area contributed by atoms with E-state index in [9.17, 15) is 9.59 Å². The summed E-state index contributed by atoms with van der Waals surface area (Å²) in [5.74, 6) is -0.174. The van der Waals surface area contributed by atoms with Gasteiger partial charge in [-0.05, 0) is 30.3 Å². The van der Waals surface area contributed by atoms with Crippen molar-refractivity contribution in [1.82, 2.24) is 14.8 Å². The van der Waals surface area contributed by atoms with E-state index in [2.05, 4.69) is 4.98 Å². The molecule has 1 aromatic carbocycles. The topological polar surface area (TPSA) is 53.5 Å². The van der Waals surface area contributed by atoms with E-state index in [1.54, 1.807) is 52.5 Å². The average molecular weight is 364 g/mol. The lowest BCUT2D eigenvalue weighted by atomic mass is 10.1. The van der Waals surface area contributed by atoms with Crippen molar-refractivity contribution in [1.29, 1.82) is 0 Å². The molecule has 0 N–H and O–H groups in total. The molecule has 0 atom stereocenters. The van der Waals surface area contributed by atoms with Crippen molar-refractivity contribution in [2.45, 2.75) is 0 Å². The SMILES string of the molecule is O=C(c1cccnc1)N1CCN(C(=O)c2ccc(Cl)c(Cl)c2)CC1. The second-order valence-corrected chi connectivity index (χ2v) is 6.27. The van der Waals surface area contributed by atoms with E-state index in [0.717, 1.165) is 0 Å². The number of carbonyl (C=O) groups is 2. The molecule has 1 aliphatic rings. The zero-order chi connectivity index (χ0) is 17.1. The van der Waals surface area contributed by atoms with E-state index in [0.29, 0.717) is 47.4 Å². The Hall–Kier alpha value is -2.11. The van der Waals surface area contributed by atoms with Crippen LogP contribution in [0.3, 0.4) is 0 Å². The van der Waals surface area contributed by atoms with E-state index >= 15 is 0 Å². The van der Waals surface area contributed by atoms with Gasteiger partial charge >= 0.3 is 0 Å². The maximum Gasteiger partial charge on any atom is 0.255 e. The summed E-state index contributed by atoms with van der Waals surface area (Å²) in [6.07, 6.45) is 3.18.